The van der Waals surface area contributed by atoms with Gasteiger partial charge in [0.25, 0.3) is 0 Å². The summed E-state index contributed by atoms with van der Waals surface area (Å²) in [7, 11) is 0. The molecule has 0 saturated carbocycles. The van der Waals surface area contributed by atoms with Crippen molar-refractivity contribution in [3.8, 4) is 45.0 Å². The molecule has 0 aliphatic carbocycles. The zero-order valence-electron chi connectivity index (χ0n) is 64.7. The molecule has 12 rings (SSSR count). The van der Waals surface area contributed by atoms with E-state index in [-0.39, 0.29) is 47.9 Å². The van der Waals surface area contributed by atoms with Crippen LogP contribution in [0.15, 0.2) is 194 Å². The number of hydrogen-bond donors (Lipinski definition) is 16. The largest absolute Gasteiger partial charge is 0.480 e. The first-order chi connectivity index (χ1) is 58.2. The van der Waals surface area contributed by atoms with Crippen LogP contribution < -0.4 is 21.3 Å². The minimum Gasteiger partial charge on any atom is -0.480 e. The highest BCUT2D eigenvalue weighted by Crippen LogP contribution is 2.37. The van der Waals surface area contributed by atoms with Crippen LogP contribution in [0.4, 0.5) is 0 Å². The third kappa shape index (κ3) is 21.4. The van der Waals surface area contributed by atoms with Gasteiger partial charge in [0.15, 0.2) is 0 Å². The highest BCUT2D eigenvalue weighted by Gasteiger charge is 2.36. The number of carbonyl (C=O) groups is 12. The number of para-hydroxylation sites is 4. The van der Waals surface area contributed by atoms with Crippen LogP contribution in [0.3, 0.4) is 0 Å². The molecule has 0 aliphatic heterocycles. The molecule has 8 aromatic carbocycles. The summed E-state index contributed by atoms with van der Waals surface area (Å²) in [6.07, 6.45) is -2.86. The molecular formula is C89H84N8O24. The molecule has 4 unspecified atom stereocenters. The van der Waals surface area contributed by atoms with Gasteiger partial charge in [0.05, 0.1) is 80.5 Å². The number of aliphatic carboxylic acids is 4. The lowest BCUT2D eigenvalue weighted by Gasteiger charge is -2.33. The molecule has 4 amide bonds. The van der Waals surface area contributed by atoms with E-state index in [0.717, 1.165) is 0 Å². The number of carboxylic acids is 8. The molecule has 4 atom stereocenters. The second-order valence-electron chi connectivity index (χ2n) is 29.0. The Bertz CT molecular complexity index is 5150. The Morgan fingerprint density at radius 2 is 0.463 bits per heavy atom. The topological polar surface area (TPSA) is 515 Å². The second kappa shape index (κ2) is 39.1. The molecule has 0 aliphatic rings. The van der Waals surface area contributed by atoms with Crippen molar-refractivity contribution in [2.75, 3.05) is 52.9 Å². The third-order valence-electron chi connectivity index (χ3n) is 20.6. The van der Waals surface area contributed by atoms with Gasteiger partial charge in [-0.05, 0) is 117 Å². The fourth-order valence-electron chi connectivity index (χ4n) is 14.5. The summed E-state index contributed by atoms with van der Waals surface area (Å²) < 4.78 is 25.0. The number of benzene rings is 8. The third-order valence-corrected chi connectivity index (χ3v) is 20.6. The molecule has 4 heterocycles. The van der Waals surface area contributed by atoms with Gasteiger partial charge in [0.2, 0.25) is 23.6 Å². The summed E-state index contributed by atoms with van der Waals surface area (Å²) in [5.74, 6) is -13.3. The fraction of sp³-hybridized carbons (Fsp3) is 0.236. The Balaban J connectivity index is 0.783. The van der Waals surface area contributed by atoms with Crippen LogP contribution in [0, 0.1) is 5.41 Å². The van der Waals surface area contributed by atoms with Gasteiger partial charge in [-0.2, -0.15) is 0 Å². The zero-order valence-corrected chi connectivity index (χ0v) is 64.7. The van der Waals surface area contributed by atoms with Gasteiger partial charge in [-0.15, -0.1) is 0 Å². The summed E-state index contributed by atoms with van der Waals surface area (Å²) in [5.41, 5.74) is 7.05. The predicted molar refractivity (Wildman–Crippen MR) is 440 cm³/mol. The summed E-state index contributed by atoms with van der Waals surface area (Å²) in [4.78, 5) is 169. The van der Waals surface area contributed by atoms with E-state index < -0.39 is 180 Å². The van der Waals surface area contributed by atoms with Crippen molar-refractivity contribution in [3.63, 3.8) is 0 Å². The van der Waals surface area contributed by atoms with Crippen molar-refractivity contribution in [1.82, 2.24) is 41.2 Å². The second-order valence-corrected chi connectivity index (χ2v) is 29.0. The number of fused-ring (bicyclic) bond motifs is 4. The fourth-order valence-corrected chi connectivity index (χ4v) is 14.5. The standard InChI is InChI=1S/C89H84N8O24/c98-73(90-69(85(110)111)41-61-57-9-1-5-13-65(57)94-77(61)49-17-25-53(26-18-49)81(102)103)33-37-118-45-89(46-119-38-34-74(99)91-70(86(112)113)42-62-58-10-2-6-14-66(58)95-78(62)50-19-27-54(28-20-50)82(104)105,47-120-39-35-75(100)92-71(87(114)115)43-63-59-11-3-7-15-67(59)96-79(63)51-21-29-55(30-22-51)83(106)107)48-121-40-36-76(101)93-72(88(116)117)44-64-60-12-4-8-16-68(60)97-80(64)52-23-31-56(32-24-52)84(108)109/h1-32,69-72,94-97H,33-48H2,(H,90,98)(H,91,99)(H,92,100)(H,93,101)(H,102,103)(H,104,105)(H,106,107)(H,108,109)(H,110,111)(H,112,113)(H,114,115)(H,116,117). The Morgan fingerprint density at radius 3 is 0.645 bits per heavy atom. The van der Waals surface area contributed by atoms with Crippen molar-refractivity contribution < 1.29 is 117 Å². The smallest absolute Gasteiger partial charge is 0.335 e. The maximum atomic E-state index is 14.0. The lowest BCUT2D eigenvalue weighted by atomic mass is 9.92. The molecule has 16 N–H and O–H groups in total. The molecule has 121 heavy (non-hydrogen) atoms. The van der Waals surface area contributed by atoms with Crippen molar-refractivity contribution in [3.05, 3.63) is 239 Å². The molecule has 32 heteroatoms. The van der Waals surface area contributed by atoms with Crippen molar-refractivity contribution in [1.29, 1.82) is 0 Å². The van der Waals surface area contributed by atoms with Gasteiger partial charge in [-0.25, -0.2) is 38.4 Å². The van der Waals surface area contributed by atoms with Crippen LogP contribution in [0.2, 0.25) is 0 Å². The lowest BCUT2D eigenvalue weighted by molar-refractivity contribution is -0.142. The molecule has 12 aromatic rings. The first-order valence-electron chi connectivity index (χ1n) is 38.3. The Kier molecular flexibility index (Phi) is 27.7. The van der Waals surface area contributed by atoms with E-state index in [1.54, 1.807) is 146 Å². The van der Waals surface area contributed by atoms with E-state index in [4.69, 9.17) is 18.9 Å². The maximum absolute atomic E-state index is 14.0. The number of amides is 4. The van der Waals surface area contributed by atoms with Crippen molar-refractivity contribution in [2.45, 2.75) is 75.5 Å². The average molecular weight is 1650 g/mol. The van der Waals surface area contributed by atoms with Gasteiger partial charge in [0.1, 0.15) is 24.2 Å². The number of rotatable bonds is 44. The Labute approximate surface area is 687 Å². The summed E-state index contributed by atoms with van der Waals surface area (Å²) >= 11 is 0. The number of aromatic carboxylic acids is 4. The first kappa shape index (κ1) is 85.8. The number of aromatic amines is 4. The zero-order chi connectivity index (χ0) is 86.0. The molecule has 0 spiro atoms. The van der Waals surface area contributed by atoms with E-state index in [9.17, 15) is 98.4 Å². The molecule has 624 valence electrons. The maximum Gasteiger partial charge on any atom is 0.335 e. The number of ether oxygens (including phenoxy) is 4. The molecule has 0 bridgehead atoms. The van der Waals surface area contributed by atoms with Gasteiger partial charge >= 0.3 is 47.8 Å². The lowest BCUT2D eigenvalue weighted by Crippen LogP contribution is -2.45. The monoisotopic (exact) mass is 1650 g/mol. The van der Waals surface area contributed by atoms with Crippen LogP contribution in [0.25, 0.3) is 88.6 Å². The highest BCUT2D eigenvalue weighted by molar-refractivity contribution is 5.99. The van der Waals surface area contributed by atoms with Crippen LogP contribution >= 0.6 is 0 Å². The highest BCUT2D eigenvalue weighted by atomic mass is 16.5. The Morgan fingerprint density at radius 1 is 0.273 bits per heavy atom. The first-order valence-corrected chi connectivity index (χ1v) is 38.3. The quantitative estimate of drug-likeness (QED) is 0.0158. The van der Waals surface area contributed by atoms with Crippen LogP contribution in [-0.4, -0.2) is 209 Å². The van der Waals surface area contributed by atoms with Crippen molar-refractivity contribution in [2.24, 2.45) is 5.41 Å². The molecule has 0 saturated heterocycles. The van der Waals surface area contributed by atoms with E-state index in [0.29, 0.717) is 111 Å². The van der Waals surface area contributed by atoms with E-state index >= 15 is 0 Å². The van der Waals surface area contributed by atoms with Gasteiger partial charge in [-0.1, -0.05) is 121 Å². The van der Waals surface area contributed by atoms with Crippen molar-refractivity contribution >= 4 is 115 Å². The molecule has 32 nitrogen and oxygen atoms in total. The number of aromatic nitrogens is 4. The summed E-state index contributed by atoms with van der Waals surface area (Å²) in [6.45, 7) is -3.52. The van der Waals surface area contributed by atoms with Gasteiger partial charge in [0, 0.05) is 118 Å². The van der Waals surface area contributed by atoms with E-state index in [1.165, 1.54) is 48.5 Å². The minimum absolute atomic E-state index is 0.0139. The summed E-state index contributed by atoms with van der Waals surface area (Å²) in [6, 6.07) is 45.8. The number of carbonyl (C=O) groups excluding carboxylic acids is 4. The number of H-pyrrole nitrogens is 4. The van der Waals surface area contributed by atoms with Crippen LogP contribution in [0.1, 0.15) is 89.4 Å². The molecule has 0 fully saturated rings. The number of carboxylic acid groups (broad SMARTS) is 8. The SMILES string of the molecule is O=C(CCOCC(COCCC(=O)NC(Cc1c(-c2ccc(C(=O)O)cc2)[nH]c2ccccc12)C(=O)O)(COCCC(=O)NC(Cc1c(-c2ccc(C(=O)O)cc2)[nH]c2ccccc12)C(=O)O)COCCC(=O)NC(Cc1c(-c2ccc(C(=O)O)cc2)[nH]c2ccccc12)C(=O)O)NC(Cc1c(-c2ccc(C(=O)O)cc2)[nH]c2ccccc12)C(=O)O. The summed E-state index contributed by atoms with van der Waals surface area (Å²) in [5, 5.41) is 93.8. The van der Waals surface area contributed by atoms with Gasteiger partial charge in [-0.3, -0.25) is 19.2 Å². The molecule has 4 aromatic heterocycles. The predicted octanol–water partition coefficient (Wildman–Crippen LogP) is 10.2. The normalized spacial score (nSPS) is 12.9. The average Bonchev–Trinajstić information content (AvgIpc) is 1.66. The molecular weight excluding hydrogens is 1570 g/mol. The number of hydrogen-bond acceptors (Lipinski definition) is 16. The van der Waals surface area contributed by atoms with Gasteiger partial charge < -0.3 is 101 Å². The van der Waals surface area contributed by atoms with E-state index in [2.05, 4.69) is 41.2 Å². The van der Waals surface area contributed by atoms with E-state index in [1.807, 2.05) is 0 Å². The van der Waals surface area contributed by atoms with Crippen LogP contribution in [0.5, 0.6) is 0 Å². The van der Waals surface area contributed by atoms with Crippen LogP contribution in [-0.2, 0) is 83.0 Å². The molecule has 0 radical (unpaired) electrons. The minimum atomic E-state index is -1.58. The Hall–Kier alpha value is -14.6. The number of nitrogens with one attached hydrogen (secondary N) is 8.